The van der Waals surface area contributed by atoms with Gasteiger partial charge in [0.2, 0.25) is 5.91 Å². The summed E-state index contributed by atoms with van der Waals surface area (Å²) in [5, 5.41) is 6.82. The second-order valence-electron chi connectivity index (χ2n) is 4.45. The van der Waals surface area contributed by atoms with Crippen LogP contribution in [0.25, 0.3) is 10.2 Å². The summed E-state index contributed by atoms with van der Waals surface area (Å²) >= 11 is 1.53. The molecule has 2 heterocycles. The number of rotatable bonds is 3. The van der Waals surface area contributed by atoms with Gasteiger partial charge in [-0.3, -0.25) is 9.48 Å². The van der Waals surface area contributed by atoms with E-state index >= 15 is 0 Å². The average Bonchev–Trinajstić information content (AvgIpc) is 3.05. The van der Waals surface area contributed by atoms with Gasteiger partial charge in [-0.05, 0) is 18.2 Å². The van der Waals surface area contributed by atoms with Gasteiger partial charge in [0.15, 0.2) is 0 Å². The fourth-order valence-electron chi connectivity index (χ4n) is 1.90. The number of benzene rings is 1. The van der Waals surface area contributed by atoms with Crippen LogP contribution >= 0.6 is 11.3 Å². The molecular weight excluding hydrogens is 274 g/mol. The Labute approximate surface area is 119 Å². The van der Waals surface area contributed by atoms with Crippen molar-refractivity contribution in [3.05, 3.63) is 41.7 Å². The minimum Gasteiger partial charge on any atom is -0.324 e. The average molecular weight is 287 g/mol. The van der Waals surface area contributed by atoms with Crippen molar-refractivity contribution >= 4 is 33.1 Å². The zero-order valence-electron chi connectivity index (χ0n) is 10.8. The van der Waals surface area contributed by atoms with Crippen LogP contribution in [0.1, 0.15) is 11.6 Å². The smallest absolute Gasteiger partial charge is 0.246 e. The predicted molar refractivity (Wildman–Crippen MR) is 78.4 cm³/mol. The Morgan fingerprint density at radius 3 is 3.10 bits per heavy atom. The number of aryl methyl sites for hydroxylation is 1. The molecule has 0 fully saturated rings. The second kappa shape index (κ2) is 5.03. The predicted octanol–water partition coefficient (Wildman–Crippen LogP) is 1.67. The molecule has 2 aromatic heterocycles. The molecule has 1 atom stereocenters. The summed E-state index contributed by atoms with van der Waals surface area (Å²) < 4.78 is 2.64. The van der Waals surface area contributed by atoms with Crippen molar-refractivity contribution in [2.45, 2.75) is 6.04 Å². The molecule has 1 amide bonds. The molecule has 1 unspecified atom stereocenters. The van der Waals surface area contributed by atoms with E-state index in [1.807, 2.05) is 18.2 Å². The van der Waals surface area contributed by atoms with Gasteiger partial charge in [0.1, 0.15) is 6.04 Å². The highest BCUT2D eigenvalue weighted by Gasteiger charge is 2.17. The lowest BCUT2D eigenvalue weighted by Crippen LogP contribution is -2.27. The number of hydrogen-bond acceptors (Lipinski definition) is 5. The number of amides is 1. The van der Waals surface area contributed by atoms with Gasteiger partial charge < -0.3 is 11.1 Å². The normalized spacial score (nSPS) is 12.5. The summed E-state index contributed by atoms with van der Waals surface area (Å²) in [6, 6.07) is 4.84. The summed E-state index contributed by atoms with van der Waals surface area (Å²) in [4.78, 5) is 16.3. The Bertz CT molecular complexity index is 763. The minimum atomic E-state index is -0.735. The lowest BCUT2D eigenvalue weighted by molar-refractivity contribution is -0.117. The maximum Gasteiger partial charge on any atom is 0.246 e. The summed E-state index contributed by atoms with van der Waals surface area (Å²) in [7, 11) is 1.78. The highest BCUT2D eigenvalue weighted by atomic mass is 32.1. The first-order valence-corrected chi connectivity index (χ1v) is 6.90. The maximum atomic E-state index is 12.1. The fraction of sp³-hybridized carbons (Fsp3) is 0.154. The van der Waals surface area contributed by atoms with Crippen molar-refractivity contribution in [2.24, 2.45) is 12.8 Å². The molecular formula is C13H13N5OS. The quantitative estimate of drug-likeness (QED) is 0.767. The lowest BCUT2D eigenvalue weighted by atomic mass is 10.1. The van der Waals surface area contributed by atoms with Gasteiger partial charge in [-0.2, -0.15) is 5.10 Å². The number of nitrogens with zero attached hydrogens (tertiary/aromatic N) is 3. The van der Waals surface area contributed by atoms with E-state index in [4.69, 9.17) is 5.73 Å². The third kappa shape index (κ3) is 2.40. The topological polar surface area (TPSA) is 85.8 Å². The number of thiazole rings is 1. The number of nitrogens with two attached hydrogens (primary N) is 1. The van der Waals surface area contributed by atoms with Crippen LogP contribution in [0.5, 0.6) is 0 Å². The Morgan fingerprint density at radius 1 is 1.50 bits per heavy atom. The zero-order valence-corrected chi connectivity index (χ0v) is 11.6. The van der Waals surface area contributed by atoms with Crippen molar-refractivity contribution in [1.29, 1.82) is 0 Å². The first kappa shape index (κ1) is 12.8. The number of fused-ring (bicyclic) bond motifs is 1. The Kier molecular flexibility index (Phi) is 3.21. The monoisotopic (exact) mass is 287 g/mol. The first-order valence-electron chi connectivity index (χ1n) is 6.02. The molecule has 7 heteroatoms. The number of anilines is 1. The molecule has 0 radical (unpaired) electrons. The van der Waals surface area contributed by atoms with E-state index in [2.05, 4.69) is 15.4 Å². The molecule has 0 spiro atoms. The Hall–Kier alpha value is -2.25. The van der Waals surface area contributed by atoms with E-state index in [1.165, 1.54) is 11.3 Å². The van der Waals surface area contributed by atoms with Crippen LogP contribution in [0.15, 0.2) is 36.1 Å². The number of carbonyl (C=O) groups excluding carboxylic acids is 1. The molecule has 3 rings (SSSR count). The third-order valence-electron chi connectivity index (χ3n) is 2.97. The molecule has 1 aromatic carbocycles. The summed E-state index contributed by atoms with van der Waals surface area (Å²) in [5.41, 5.74) is 10.0. The van der Waals surface area contributed by atoms with Crippen LogP contribution in [0, 0.1) is 0 Å². The molecule has 20 heavy (non-hydrogen) atoms. The molecule has 0 aliphatic carbocycles. The van der Waals surface area contributed by atoms with Crippen LogP contribution in [0.2, 0.25) is 0 Å². The van der Waals surface area contributed by atoms with Gasteiger partial charge in [0, 0.05) is 24.5 Å². The summed E-state index contributed by atoms with van der Waals surface area (Å²) in [6.07, 6.45) is 3.33. The Morgan fingerprint density at radius 2 is 2.35 bits per heavy atom. The molecule has 3 N–H and O–H groups in total. The number of nitrogens with one attached hydrogen (secondary N) is 1. The summed E-state index contributed by atoms with van der Waals surface area (Å²) in [6.45, 7) is 0. The third-order valence-corrected chi connectivity index (χ3v) is 3.76. The highest BCUT2D eigenvalue weighted by Crippen LogP contribution is 2.22. The van der Waals surface area contributed by atoms with E-state index in [0.717, 1.165) is 10.2 Å². The van der Waals surface area contributed by atoms with Gasteiger partial charge in [-0.25, -0.2) is 4.98 Å². The summed E-state index contributed by atoms with van der Waals surface area (Å²) in [5.74, 6) is -0.262. The molecule has 0 aliphatic heterocycles. The lowest BCUT2D eigenvalue weighted by Gasteiger charge is -2.10. The Balaban J connectivity index is 1.77. The number of hydrogen-bond donors (Lipinski definition) is 2. The van der Waals surface area contributed by atoms with Gasteiger partial charge in [0.05, 0.1) is 21.9 Å². The minimum absolute atomic E-state index is 0.262. The SMILES string of the molecule is Cn1cc(C(N)C(=O)Nc2ccc3ncsc3c2)cn1. The van der Waals surface area contributed by atoms with Crippen molar-refractivity contribution in [1.82, 2.24) is 14.8 Å². The van der Waals surface area contributed by atoms with Crippen LogP contribution in [0.3, 0.4) is 0 Å². The van der Waals surface area contributed by atoms with Crippen molar-refractivity contribution in [2.75, 3.05) is 5.32 Å². The molecule has 0 saturated carbocycles. The number of aromatic nitrogens is 3. The molecule has 3 aromatic rings. The van der Waals surface area contributed by atoms with Gasteiger partial charge in [0.25, 0.3) is 0 Å². The van der Waals surface area contributed by atoms with E-state index in [0.29, 0.717) is 11.3 Å². The van der Waals surface area contributed by atoms with Crippen molar-refractivity contribution < 1.29 is 4.79 Å². The van der Waals surface area contributed by atoms with Crippen LogP contribution < -0.4 is 11.1 Å². The zero-order chi connectivity index (χ0) is 14.1. The van der Waals surface area contributed by atoms with E-state index in [-0.39, 0.29) is 5.91 Å². The van der Waals surface area contributed by atoms with Gasteiger partial charge in [-0.1, -0.05) is 0 Å². The molecule has 0 bridgehead atoms. The molecule has 0 aliphatic rings. The number of carbonyl (C=O) groups is 1. The van der Waals surface area contributed by atoms with Crippen LogP contribution in [-0.2, 0) is 11.8 Å². The molecule has 102 valence electrons. The largest absolute Gasteiger partial charge is 0.324 e. The maximum absolute atomic E-state index is 12.1. The van der Waals surface area contributed by atoms with Crippen LogP contribution in [0.4, 0.5) is 5.69 Å². The second-order valence-corrected chi connectivity index (χ2v) is 5.34. The van der Waals surface area contributed by atoms with E-state index in [1.54, 1.807) is 29.6 Å². The van der Waals surface area contributed by atoms with Crippen LogP contribution in [-0.4, -0.2) is 20.7 Å². The van der Waals surface area contributed by atoms with E-state index in [9.17, 15) is 4.79 Å². The van der Waals surface area contributed by atoms with Crippen molar-refractivity contribution in [3.63, 3.8) is 0 Å². The fourth-order valence-corrected chi connectivity index (χ4v) is 2.62. The highest BCUT2D eigenvalue weighted by molar-refractivity contribution is 7.16. The molecule has 0 saturated heterocycles. The van der Waals surface area contributed by atoms with Gasteiger partial charge >= 0.3 is 0 Å². The molecule has 6 nitrogen and oxygen atoms in total. The van der Waals surface area contributed by atoms with E-state index < -0.39 is 6.04 Å². The standard InChI is InChI=1S/C13H13N5OS/c1-18-6-8(5-16-18)12(14)13(19)17-9-2-3-10-11(4-9)20-7-15-10/h2-7,12H,14H2,1H3,(H,17,19). The van der Waals surface area contributed by atoms with Crippen molar-refractivity contribution in [3.8, 4) is 0 Å². The van der Waals surface area contributed by atoms with Gasteiger partial charge in [-0.15, -0.1) is 11.3 Å². The first-order chi connectivity index (χ1) is 9.63.